The Hall–Kier alpha value is -0.570. The number of anilines is 1. The summed E-state index contributed by atoms with van der Waals surface area (Å²) in [4.78, 5) is 14.0. The van der Waals surface area contributed by atoms with Crippen molar-refractivity contribution < 1.29 is 38.4 Å². The summed E-state index contributed by atoms with van der Waals surface area (Å²) >= 11 is 5.90. The van der Waals surface area contributed by atoms with Crippen molar-refractivity contribution in [2.24, 2.45) is 0 Å². The molecule has 2 amide bonds. The molecule has 0 aromatic heterocycles. The van der Waals surface area contributed by atoms with Gasteiger partial charge < -0.3 is 43.8 Å². The zero-order valence-electron chi connectivity index (χ0n) is 12.1. The number of hydrogen-bond donors (Lipinski definition) is 2. The Morgan fingerprint density at radius 2 is 2.10 bits per heavy atom. The largest absolute Gasteiger partial charge is 1.00 e. The molecule has 0 unspecified atom stereocenters. The van der Waals surface area contributed by atoms with Crippen LogP contribution >= 0.6 is 11.6 Å². The highest BCUT2D eigenvalue weighted by molar-refractivity contribution is 6.30. The molecular weight excluding hydrogens is 405 g/mol. The number of halogens is 2. The van der Waals surface area contributed by atoms with Gasteiger partial charge in [-0.25, -0.2) is 4.79 Å². The lowest BCUT2D eigenvalue weighted by Gasteiger charge is -2.41. The van der Waals surface area contributed by atoms with Crippen LogP contribution in [-0.2, 0) is 0 Å². The fourth-order valence-electron chi connectivity index (χ4n) is 2.38. The maximum Gasteiger partial charge on any atom is 0.322 e. The molecule has 0 bridgehead atoms. The summed E-state index contributed by atoms with van der Waals surface area (Å²) in [5.41, 5.74) is 0.709. The van der Waals surface area contributed by atoms with E-state index in [1.807, 2.05) is 12.1 Å². The molecule has 0 radical (unpaired) electrons. The van der Waals surface area contributed by atoms with E-state index in [1.165, 1.54) is 0 Å². The third-order valence-electron chi connectivity index (χ3n) is 3.82. The van der Waals surface area contributed by atoms with Gasteiger partial charge in [0.15, 0.2) is 0 Å². The molecule has 0 atom stereocenters. The van der Waals surface area contributed by atoms with Gasteiger partial charge in [-0.15, -0.1) is 0 Å². The molecule has 1 saturated heterocycles. The highest BCUT2D eigenvalue weighted by Crippen LogP contribution is 2.16. The summed E-state index contributed by atoms with van der Waals surface area (Å²) in [6.07, 6.45) is 0. The molecular formula is C14H21ClIN3O2. The molecule has 1 aliphatic rings. The zero-order chi connectivity index (χ0) is 14.6. The summed E-state index contributed by atoms with van der Waals surface area (Å²) in [7, 11) is 2.11. The number of likely N-dealkylation sites (N-methyl/N-ethyl adjacent to an activating group) is 1. The molecule has 0 saturated carbocycles. The van der Waals surface area contributed by atoms with Gasteiger partial charge in [0.2, 0.25) is 0 Å². The number of aliphatic hydroxyl groups is 1. The van der Waals surface area contributed by atoms with Gasteiger partial charge in [0.1, 0.15) is 6.54 Å². The Labute approximate surface area is 147 Å². The van der Waals surface area contributed by atoms with E-state index in [2.05, 4.69) is 12.4 Å². The van der Waals surface area contributed by atoms with Crippen LogP contribution in [0.3, 0.4) is 0 Å². The van der Waals surface area contributed by atoms with Crippen molar-refractivity contribution in [2.45, 2.75) is 0 Å². The SMILES string of the molecule is C[N+]1(CCO)CCN(C(=O)Nc2cccc(Cl)c2)CC1.[I-]. The van der Waals surface area contributed by atoms with Crippen LogP contribution < -0.4 is 29.3 Å². The Morgan fingerprint density at radius 1 is 1.43 bits per heavy atom. The van der Waals surface area contributed by atoms with Crippen LogP contribution in [0.2, 0.25) is 5.02 Å². The van der Waals surface area contributed by atoms with Crippen LogP contribution in [-0.4, -0.2) is 66.9 Å². The summed E-state index contributed by atoms with van der Waals surface area (Å²) in [6.45, 7) is 4.05. The van der Waals surface area contributed by atoms with Crippen molar-refractivity contribution >= 4 is 23.3 Å². The van der Waals surface area contributed by atoms with E-state index in [9.17, 15) is 4.79 Å². The lowest BCUT2D eigenvalue weighted by molar-refractivity contribution is -0.913. The standard InChI is InChI=1S/C14H20ClN3O2.HI/c1-18(9-10-19)7-5-17(6-8-18)14(20)16-13-4-2-3-12(15)11-13;/h2-4,11,19H,5-10H2,1H3;1H. The average Bonchev–Trinajstić information content (AvgIpc) is 2.39. The number of nitrogens with zero attached hydrogens (tertiary/aromatic N) is 2. The molecule has 7 heteroatoms. The van der Waals surface area contributed by atoms with Gasteiger partial charge in [-0.1, -0.05) is 17.7 Å². The molecule has 21 heavy (non-hydrogen) atoms. The number of carbonyl (C=O) groups is 1. The molecule has 2 rings (SSSR count). The van der Waals surface area contributed by atoms with E-state index in [1.54, 1.807) is 17.0 Å². The van der Waals surface area contributed by atoms with Gasteiger partial charge >= 0.3 is 6.03 Å². The average molecular weight is 426 g/mol. The minimum atomic E-state index is -0.0949. The number of carbonyl (C=O) groups excluding carboxylic acids is 1. The fraction of sp³-hybridized carbons (Fsp3) is 0.500. The van der Waals surface area contributed by atoms with E-state index >= 15 is 0 Å². The maximum atomic E-state index is 12.2. The molecule has 118 valence electrons. The molecule has 1 aromatic rings. The van der Waals surface area contributed by atoms with Crippen molar-refractivity contribution in [3.05, 3.63) is 29.3 Å². The topological polar surface area (TPSA) is 52.6 Å². The Balaban J connectivity index is 0.00000220. The second-order valence-electron chi connectivity index (χ2n) is 5.44. The fourth-order valence-corrected chi connectivity index (χ4v) is 2.58. The first-order valence-electron chi connectivity index (χ1n) is 6.78. The Kier molecular flexibility index (Phi) is 7.19. The number of benzene rings is 1. The van der Waals surface area contributed by atoms with Gasteiger partial charge in [0.05, 0.1) is 39.8 Å². The van der Waals surface area contributed by atoms with E-state index in [0.717, 1.165) is 24.1 Å². The number of rotatable bonds is 3. The van der Waals surface area contributed by atoms with Crippen molar-refractivity contribution in [2.75, 3.05) is 51.7 Å². The molecule has 1 aromatic carbocycles. The number of amides is 2. The van der Waals surface area contributed by atoms with E-state index in [0.29, 0.717) is 23.8 Å². The molecule has 5 nitrogen and oxygen atoms in total. The first-order chi connectivity index (χ1) is 9.52. The third kappa shape index (κ3) is 5.28. The van der Waals surface area contributed by atoms with Crippen molar-refractivity contribution in [3.8, 4) is 0 Å². The van der Waals surface area contributed by atoms with Crippen molar-refractivity contribution in [1.29, 1.82) is 0 Å². The lowest BCUT2D eigenvalue weighted by Crippen LogP contribution is -3.00. The Morgan fingerprint density at radius 3 is 2.67 bits per heavy atom. The smallest absolute Gasteiger partial charge is 0.322 e. The molecule has 2 N–H and O–H groups in total. The molecule has 0 aliphatic carbocycles. The van der Waals surface area contributed by atoms with Gasteiger partial charge in [-0.05, 0) is 18.2 Å². The minimum Gasteiger partial charge on any atom is -1.00 e. The molecule has 1 heterocycles. The van der Waals surface area contributed by atoms with Gasteiger partial charge in [-0.3, -0.25) is 0 Å². The number of urea groups is 1. The second-order valence-corrected chi connectivity index (χ2v) is 5.88. The minimum absolute atomic E-state index is 0. The summed E-state index contributed by atoms with van der Waals surface area (Å²) in [5, 5.41) is 12.5. The van der Waals surface area contributed by atoms with Crippen LogP contribution in [0.4, 0.5) is 10.5 Å². The van der Waals surface area contributed by atoms with Crippen LogP contribution in [0.25, 0.3) is 0 Å². The van der Waals surface area contributed by atoms with Crippen LogP contribution in [0, 0.1) is 0 Å². The van der Waals surface area contributed by atoms with E-state index in [-0.39, 0.29) is 36.6 Å². The van der Waals surface area contributed by atoms with Crippen molar-refractivity contribution in [1.82, 2.24) is 4.90 Å². The predicted molar refractivity (Wildman–Crippen MR) is 79.9 cm³/mol. The Bertz CT molecular complexity index is 479. The number of quaternary nitrogens is 1. The van der Waals surface area contributed by atoms with Gasteiger partial charge in [0, 0.05) is 10.7 Å². The quantitative estimate of drug-likeness (QED) is 0.464. The predicted octanol–water partition coefficient (Wildman–Crippen LogP) is -1.37. The van der Waals surface area contributed by atoms with Crippen LogP contribution in [0.15, 0.2) is 24.3 Å². The summed E-state index contributed by atoms with van der Waals surface area (Å²) in [6, 6.07) is 7.04. The number of nitrogens with one attached hydrogen (secondary N) is 1. The lowest BCUT2D eigenvalue weighted by atomic mass is 10.2. The number of hydrogen-bond acceptors (Lipinski definition) is 2. The first-order valence-corrected chi connectivity index (χ1v) is 7.16. The second kappa shape index (κ2) is 8.17. The molecule has 0 spiro atoms. The first kappa shape index (κ1) is 18.5. The van der Waals surface area contributed by atoms with Crippen LogP contribution in [0.5, 0.6) is 0 Å². The van der Waals surface area contributed by atoms with E-state index in [4.69, 9.17) is 16.7 Å². The van der Waals surface area contributed by atoms with E-state index < -0.39 is 0 Å². The normalized spacial score (nSPS) is 17.0. The number of piperazine rings is 1. The number of aliphatic hydroxyl groups excluding tert-OH is 1. The van der Waals surface area contributed by atoms with Crippen molar-refractivity contribution in [3.63, 3.8) is 0 Å². The highest BCUT2D eigenvalue weighted by Gasteiger charge is 2.30. The summed E-state index contributed by atoms with van der Waals surface area (Å²) < 4.78 is 0.817. The van der Waals surface area contributed by atoms with Gasteiger partial charge in [-0.2, -0.15) is 0 Å². The van der Waals surface area contributed by atoms with Crippen LogP contribution in [0.1, 0.15) is 0 Å². The summed E-state index contributed by atoms with van der Waals surface area (Å²) in [5.74, 6) is 0. The highest BCUT2D eigenvalue weighted by atomic mass is 127. The maximum absolute atomic E-state index is 12.2. The molecule has 1 fully saturated rings. The van der Waals surface area contributed by atoms with Gasteiger partial charge in [0.25, 0.3) is 0 Å². The third-order valence-corrected chi connectivity index (χ3v) is 4.06. The molecule has 1 aliphatic heterocycles. The zero-order valence-corrected chi connectivity index (χ0v) is 15.0. The monoisotopic (exact) mass is 425 g/mol.